The molecule has 0 saturated heterocycles. The lowest BCUT2D eigenvalue weighted by atomic mass is 10.4. The Labute approximate surface area is 82.0 Å². The van der Waals surface area contributed by atoms with Crippen molar-refractivity contribution in [3.05, 3.63) is 30.2 Å². The van der Waals surface area contributed by atoms with Crippen molar-refractivity contribution < 1.29 is 9.21 Å². The molecule has 0 atom stereocenters. The van der Waals surface area contributed by atoms with Crippen LogP contribution in [0.2, 0.25) is 0 Å². The lowest BCUT2D eigenvalue weighted by molar-refractivity contribution is -0.107. The lowest BCUT2D eigenvalue weighted by Crippen LogP contribution is -1.71. The maximum Gasteiger partial charge on any atom is 0.123 e. The van der Waals surface area contributed by atoms with Crippen molar-refractivity contribution in [3.8, 4) is 0 Å². The van der Waals surface area contributed by atoms with Crippen LogP contribution in [0.25, 0.3) is 0 Å². The highest BCUT2D eigenvalue weighted by atomic mass is 32.2. The average molecular weight is 196 g/mol. The fourth-order valence-corrected chi connectivity index (χ4v) is 1.65. The fourth-order valence-electron chi connectivity index (χ4n) is 0.859. The normalized spacial score (nSPS) is 10.8. The highest BCUT2D eigenvalue weighted by Gasteiger charge is 1.95. The monoisotopic (exact) mass is 196 g/mol. The summed E-state index contributed by atoms with van der Waals surface area (Å²) in [5, 5.41) is 0. The van der Waals surface area contributed by atoms with Crippen molar-refractivity contribution in [1.82, 2.24) is 0 Å². The van der Waals surface area contributed by atoms with E-state index in [4.69, 9.17) is 4.42 Å². The van der Waals surface area contributed by atoms with Crippen molar-refractivity contribution in [2.24, 2.45) is 0 Å². The third kappa shape index (κ3) is 3.99. The van der Waals surface area contributed by atoms with Gasteiger partial charge in [-0.1, -0.05) is 12.2 Å². The quantitative estimate of drug-likeness (QED) is 0.412. The molecule has 1 aromatic heterocycles. The summed E-state index contributed by atoms with van der Waals surface area (Å²) in [6.45, 7) is 1.92. The minimum atomic E-state index is 0.505. The van der Waals surface area contributed by atoms with Crippen LogP contribution < -0.4 is 0 Å². The minimum Gasteiger partial charge on any atom is -0.468 e. The van der Waals surface area contributed by atoms with Crippen molar-refractivity contribution in [2.45, 2.75) is 18.2 Å². The Kier molecular flexibility index (Phi) is 4.40. The molecule has 0 radical (unpaired) electrons. The second kappa shape index (κ2) is 5.65. The van der Waals surface area contributed by atoms with Crippen LogP contribution >= 0.6 is 11.8 Å². The molecule has 3 heteroatoms. The number of hydrogen-bond donors (Lipinski definition) is 0. The second-order valence-corrected chi connectivity index (χ2v) is 3.67. The summed E-state index contributed by atoms with van der Waals surface area (Å²) in [5.41, 5.74) is 0. The third-order valence-electron chi connectivity index (χ3n) is 1.45. The molecule has 0 aromatic carbocycles. The number of rotatable bonds is 5. The Balaban J connectivity index is 2.23. The summed E-state index contributed by atoms with van der Waals surface area (Å²) in [7, 11) is 0. The second-order valence-electron chi connectivity index (χ2n) is 2.58. The first kappa shape index (κ1) is 10.1. The van der Waals surface area contributed by atoms with Gasteiger partial charge in [0.2, 0.25) is 0 Å². The molecule has 1 aromatic rings. The minimum absolute atomic E-state index is 0.505. The van der Waals surface area contributed by atoms with Crippen LogP contribution in [0.1, 0.15) is 12.2 Å². The van der Waals surface area contributed by atoms with Gasteiger partial charge in [0, 0.05) is 17.1 Å². The first-order valence-corrected chi connectivity index (χ1v) is 5.08. The van der Waals surface area contributed by atoms with Crippen LogP contribution in [-0.2, 0) is 4.79 Å². The number of furan rings is 1. The van der Waals surface area contributed by atoms with Gasteiger partial charge in [0.25, 0.3) is 0 Å². The highest BCUT2D eigenvalue weighted by molar-refractivity contribution is 7.99. The molecule has 0 bridgehead atoms. The maximum absolute atomic E-state index is 9.97. The van der Waals surface area contributed by atoms with Crippen LogP contribution in [0.3, 0.4) is 0 Å². The molecular formula is C10H12O2S. The van der Waals surface area contributed by atoms with Gasteiger partial charge in [0.1, 0.15) is 18.3 Å². The van der Waals surface area contributed by atoms with Gasteiger partial charge in [0.15, 0.2) is 0 Å². The van der Waals surface area contributed by atoms with Crippen LogP contribution in [0, 0.1) is 6.92 Å². The number of allylic oxidation sites excluding steroid dienone is 1. The maximum atomic E-state index is 9.97. The summed E-state index contributed by atoms with van der Waals surface area (Å²) in [6.07, 6.45) is 7.00. The van der Waals surface area contributed by atoms with Gasteiger partial charge in [-0.25, -0.2) is 0 Å². The average Bonchev–Trinajstić information content (AvgIpc) is 2.51. The molecule has 0 fully saturated rings. The van der Waals surface area contributed by atoms with E-state index < -0.39 is 0 Å². The van der Waals surface area contributed by atoms with Crippen LogP contribution in [0.15, 0.2) is 33.8 Å². The zero-order valence-corrected chi connectivity index (χ0v) is 8.34. The van der Waals surface area contributed by atoms with Crippen LogP contribution in [0.4, 0.5) is 0 Å². The molecule has 0 aliphatic heterocycles. The number of carbonyl (C=O) groups is 1. The molecule has 0 saturated carbocycles. The van der Waals surface area contributed by atoms with Crippen molar-refractivity contribution in [2.75, 3.05) is 5.75 Å². The van der Waals surface area contributed by atoms with Crippen LogP contribution in [-0.4, -0.2) is 12.0 Å². The molecule has 0 unspecified atom stereocenters. The van der Waals surface area contributed by atoms with Gasteiger partial charge >= 0.3 is 0 Å². The van der Waals surface area contributed by atoms with E-state index in [1.807, 2.05) is 25.1 Å². The molecule has 0 aliphatic rings. The van der Waals surface area contributed by atoms with Gasteiger partial charge in [-0.3, -0.25) is 0 Å². The number of hydrogen-bond acceptors (Lipinski definition) is 3. The lowest BCUT2D eigenvalue weighted by Gasteiger charge is -1.88. The van der Waals surface area contributed by atoms with Gasteiger partial charge in [-0.15, -0.1) is 11.8 Å². The largest absolute Gasteiger partial charge is 0.468 e. The Morgan fingerprint density at radius 2 is 2.38 bits per heavy atom. The van der Waals surface area contributed by atoms with Crippen molar-refractivity contribution in [1.29, 1.82) is 0 Å². The Morgan fingerprint density at radius 1 is 1.54 bits per heavy atom. The van der Waals surface area contributed by atoms with E-state index in [9.17, 15) is 4.79 Å². The molecule has 0 spiro atoms. The Bertz CT molecular complexity index is 289. The fraction of sp³-hybridized carbons (Fsp3) is 0.300. The number of carbonyl (C=O) groups excluding carboxylic acids is 1. The van der Waals surface area contributed by atoms with E-state index in [2.05, 4.69) is 0 Å². The van der Waals surface area contributed by atoms with E-state index in [0.29, 0.717) is 6.42 Å². The number of aryl methyl sites for hydroxylation is 1. The van der Waals surface area contributed by atoms with E-state index in [-0.39, 0.29) is 0 Å². The predicted octanol–water partition coefficient (Wildman–Crippen LogP) is 2.83. The smallest absolute Gasteiger partial charge is 0.123 e. The molecule has 0 aliphatic carbocycles. The molecule has 0 N–H and O–H groups in total. The predicted molar refractivity (Wildman–Crippen MR) is 54.0 cm³/mol. The van der Waals surface area contributed by atoms with Crippen molar-refractivity contribution >= 4 is 18.0 Å². The van der Waals surface area contributed by atoms with E-state index >= 15 is 0 Å². The molecule has 1 heterocycles. The Hall–Kier alpha value is -0.960. The molecule has 2 nitrogen and oxygen atoms in total. The number of aldehydes is 1. The first-order valence-electron chi connectivity index (χ1n) is 4.09. The molecular weight excluding hydrogens is 184 g/mol. The van der Waals surface area contributed by atoms with Gasteiger partial charge in [-0.2, -0.15) is 0 Å². The molecule has 0 amide bonds. The van der Waals surface area contributed by atoms with E-state index in [1.54, 1.807) is 18.0 Å². The van der Waals surface area contributed by atoms with Crippen molar-refractivity contribution in [3.63, 3.8) is 0 Å². The number of thioether (sulfide) groups is 1. The zero-order chi connectivity index (χ0) is 9.52. The first-order chi connectivity index (χ1) is 6.33. The molecule has 1 rings (SSSR count). The molecule has 70 valence electrons. The third-order valence-corrected chi connectivity index (χ3v) is 2.36. The highest BCUT2D eigenvalue weighted by Crippen LogP contribution is 2.20. The van der Waals surface area contributed by atoms with Gasteiger partial charge in [0.05, 0.1) is 0 Å². The van der Waals surface area contributed by atoms with E-state index in [0.717, 1.165) is 22.7 Å². The summed E-state index contributed by atoms with van der Waals surface area (Å²) < 4.78 is 5.14. The topological polar surface area (TPSA) is 30.2 Å². The van der Waals surface area contributed by atoms with E-state index in [1.165, 1.54) is 0 Å². The summed E-state index contributed by atoms with van der Waals surface area (Å²) in [5.74, 6) is 1.81. The summed E-state index contributed by atoms with van der Waals surface area (Å²) >= 11 is 1.70. The standard InChI is InChI=1S/C10H12O2S/c1-9-7-10(8-12-9)13-6-4-2-3-5-11/h2,4-5,7-8H,3,6H2,1H3/b4-2+. The summed E-state index contributed by atoms with van der Waals surface area (Å²) in [6, 6.07) is 2.00. The Morgan fingerprint density at radius 3 is 3.00 bits per heavy atom. The SMILES string of the molecule is Cc1cc(SC/C=C/CC=O)co1. The van der Waals surface area contributed by atoms with Gasteiger partial charge in [-0.05, 0) is 13.0 Å². The summed E-state index contributed by atoms with van der Waals surface area (Å²) in [4.78, 5) is 11.1. The molecule has 13 heavy (non-hydrogen) atoms. The van der Waals surface area contributed by atoms with Gasteiger partial charge < -0.3 is 9.21 Å². The van der Waals surface area contributed by atoms with Crippen LogP contribution in [0.5, 0.6) is 0 Å². The zero-order valence-electron chi connectivity index (χ0n) is 7.53.